The van der Waals surface area contributed by atoms with Gasteiger partial charge >= 0.3 is 6.03 Å². The Balaban J connectivity index is 1.85. The number of aromatic amines is 1. The largest absolute Gasteiger partial charge is 0.356 e. The first-order valence-corrected chi connectivity index (χ1v) is 8.06. The van der Waals surface area contributed by atoms with Crippen LogP contribution in [0.25, 0.3) is 10.9 Å². The molecule has 3 heterocycles. The van der Waals surface area contributed by atoms with Crippen molar-refractivity contribution >= 4 is 22.8 Å². The highest BCUT2D eigenvalue weighted by molar-refractivity contribution is 6.06. The van der Waals surface area contributed by atoms with Gasteiger partial charge in [0, 0.05) is 28.6 Å². The van der Waals surface area contributed by atoms with E-state index in [1.54, 1.807) is 4.90 Å². The molecule has 1 saturated heterocycles. The molecule has 2 aliphatic heterocycles. The molecule has 120 valence electrons. The van der Waals surface area contributed by atoms with E-state index in [1.807, 2.05) is 45.9 Å². The number of fused-ring (bicyclic) bond motifs is 4. The van der Waals surface area contributed by atoms with Gasteiger partial charge in [-0.2, -0.15) is 0 Å². The lowest BCUT2D eigenvalue weighted by Crippen LogP contribution is -2.46. The number of carbonyl (C=O) groups excluding carboxylic acids is 2. The van der Waals surface area contributed by atoms with Crippen LogP contribution in [0.3, 0.4) is 0 Å². The van der Waals surface area contributed by atoms with Crippen molar-refractivity contribution in [2.45, 2.75) is 51.7 Å². The van der Waals surface area contributed by atoms with Gasteiger partial charge in [-0.05, 0) is 39.3 Å². The molecule has 5 nitrogen and oxygen atoms in total. The van der Waals surface area contributed by atoms with E-state index in [0.717, 1.165) is 16.6 Å². The zero-order valence-corrected chi connectivity index (χ0v) is 13.9. The van der Waals surface area contributed by atoms with Crippen LogP contribution >= 0.6 is 0 Å². The SMILES string of the molecule is CC1c2[nH]c3ccccc3c2CC2C(=O)N(C(C)(C)C)C(=O)N21. The summed E-state index contributed by atoms with van der Waals surface area (Å²) in [5.74, 6) is -0.0784. The van der Waals surface area contributed by atoms with E-state index in [1.165, 1.54) is 10.5 Å². The van der Waals surface area contributed by atoms with E-state index in [2.05, 4.69) is 11.1 Å². The molecule has 0 radical (unpaired) electrons. The number of hydrogen-bond acceptors (Lipinski definition) is 2. The van der Waals surface area contributed by atoms with Crippen molar-refractivity contribution in [2.75, 3.05) is 0 Å². The van der Waals surface area contributed by atoms with Crippen molar-refractivity contribution in [1.82, 2.24) is 14.8 Å². The maximum atomic E-state index is 12.9. The Morgan fingerprint density at radius 3 is 2.57 bits per heavy atom. The smallest absolute Gasteiger partial charge is 0.328 e. The number of para-hydroxylation sites is 1. The molecule has 1 fully saturated rings. The summed E-state index contributed by atoms with van der Waals surface area (Å²) < 4.78 is 0. The minimum Gasteiger partial charge on any atom is -0.356 e. The molecule has 2 aliphatic rings. The van der Waals surface area contributed by atoms with Gasteiger partial charge in [-0.25, -0.2) is 4.79 Å². The van der Waals surface area contributed by atoms with Gasteiger partial charge in [0.1, 0.15) is 6.04 Å². The van der Waals surface area contributed by atoms with Crippen molar-refractivity contribution in [3.63, 3.8) is 0 Å². The Kier molecular flexibility index (Phi) is 2.72. The van der Waals surface area contributed by atoms with Crippen molar-refractivity contribution in [3.05, 3.63) is 35.5 Å². The van der Waals surface area contributed by atoms with Crippen LogP contribution in [0.5, 0.6) is 0 Å². The van der Waals surface area contributed by atoms with Crippen molar-refractivity contribution in [1.29, 1.82) is 0 Å². The molecule has 1 aromatic heterocycles. The number of nitrogens with zero attached hydrogens (tertiary/aromatic N) is 2. The molecular formula is C18H21N3O2. The van der Waals surface area contributed by atoms with Gasteiger partial charge < -0.3 is 9.88 Å². The zero-order valence-electron chi connectivity index (χ0n) is 13.9. The summed E-state index contributed by atoms with van der Waals surface area (Å²) in [4.78, 5) is 32.3. The molecule has 2 atom stereocenters. The lowest BCUT2D eigenvalue weighted by molar-refractivity contribution is -0.131. The molecule has 0 aliphatic carbocycles. The molecule has 5 heteroatoms. The summed E-state index contributed by atoms with van der Waals surface area (Å²) in [5.41, 5.74) is 2.80. The normalized spacial score (nSPS) is 24.3. The van der Waals surface area contributed by atoms with Gasteiger partial charge in [0.2, 0.25) is 0 Å². The van der Waals surface area contributed by atoms with Crippen molar-refractivity contribution in [3.8, 4) is 0 Å². The fraction of sp³-hybridized carbons (Fsp3) is 0.444. The van der Waals surface area contributed by atoms with Gasteiger partial charge in [0.05, 0.1) is 6.04 Å². The van der Waals surface area contributed by atoms with E-state index < -0.39 is 5.54 Å². The summed E-state index contributed by atoms with van der Waals surface area (Å²) in [7, 11) is 0. The Hall–Kier alpha value is -2.30. The van der Waals surface area contributed by atoms with Crippen LogP contribution in [0.2, 0.25) is 0 Å². The molecule has 4 rings (SSSR count). The second-order valence-electron chi connectivity index (χ2n) is 7.49. The molecular weight excluding hydrogens is 290 g/mol. The summed E-state index contributed by atoms with van der Waals surface area (Å²) >= 11 is 0. The summed E-state index contributed by atoms with van der Waals surface area (Å²) in [6, 6.07) is 7.43. The molecule has 1 N–H and O–H groups in total. The standard InChI is InChI=1S/C18H21N3O2/c1-10-15-12(11-7-5-6-8-13(11)19-15)9-14-16(22)21(18(2,3)4)17(23)20(10)14/h5-8,10,14,19H,9H2,1-4H3. The second-order valence-corrected chi connectivity index (χ2v) is 7.49. The van der Waals surface area contributed by atoms with Gasteiger partial charge in [-0.3, -0.25) is 9.69 Å². The first-order valence-electron chi connectivity index (χ1n) is 8.06. The summed E-state index contributed by atoms with van der Waals surface area (Å²) in [6.45, 7) is 7.71. The number of H-pyrrole nitrogens is 1. The average Bonchev–Trinajstić information content (AvgIpc) is 2.96. The van der Waals surface area contributed by atoms with E-state index in [9.17, 15) is 9.59 Å². The number of benzene rings is 1. The van der Waals surface area contributed by atoms with Crippen LogP contribution in [0.1, 0.15) is 45.0 Å². The minimum absolute atomic E-state index is 0.0784. The number of carbonyl (C=O) groups is 2. The van der Waals surface area contributed by atoms with Crippen LogP contribution in [0, 0.1) is 0 Å². The fourth-order valence-corrected chi connectivity index (χ4v) is 3.98. The van der Waals surface area contributed by atoms with Crippen molar-refractivity contribution < 1.29 is 9.59 Å². The number of amides is 3. The third-order valence-electron chi connectivity index (χ3n) is 5.00. The third kappa shape index (κ3) is 1.79. The predicted octanol–water partition coefficient (Wildman–Crippen LogP) is 3.22. The summed E-state index contributed by atoms with van der Waals surface area (Å²) in [6.07, 6.45) is 0.584. The van der Waals surface area contributed by atoms with Crippen LogP contribution in [-0.4, -0.2) is 38.3 Å². The molecule has 2 aromatic rings. The fourth-order valence-electron chi connectivity index (χ4n) is 3.98. The Labute approximate surface area is 135 Å². The van der Waals surface area contributed by atoms with Crippen LogP contribution < -0.4 is 0 Å². The molecule has 0 bridgehead atoms. The molecule has 23 heavy (non-hydrogen) atoms. The topological polar surface area (TPSA) is 56.4 Å². The number of aromatic nitrogens is 1. The highest BCUT2D eigenvalue weighted by Crippen LogP contribution is 2.41. The first-order chi connectivity index (χ1) is 10.8. The molecule has 1 aromatic carbocycles. The average molecular weight is 311 g/mol. The third-order valence-corrected chi connectivity index (χ3v) is 5.00. The number of hydrogen-bond donors (Lipinski definition) is 1. The van der Waals surface area contributed by atoms with Gasteiger partial charge in [0.25, 0.3) is 5.91 Å². The number of imide groups is 1. The quantitative estimate of drug-likeness (QED) is 0.760. The zero-order chi connectivity index (χ0) is 16.5. The van der Waals surface area contributed by atoms with Gasteiger partial charge in [-0.15, -0.1) is 0 Å². The number of urea groups is 1. The summed E-state index contributed by atoms with van der Waals surface area (Å²) in [5, 5.41) is 1.16. The number of rotatable bonds is 0. The molecule has 3 amide bonds. The monoisotopic (exact) mass is 311 g/mol. The second kappa shape index (κ2) is 4.37. The van der Waals surface area contributed by atoms with Crippen LogP contribution in [0.15, 0.2) is 24.3 Å². The molecule has 0 spiro atoms. The minimum atomic E-state index is -0.499. The molecule has 0 saturated carbocycles. The Bertz CT molecular complexity index is 830. The molecule has 2 unspecified atom stereocenters. The lowest BCUT2D eigenvalue weighted by Gasteiger charge is -2.34. The predicted molar refractivity (Wildman–Crippen MR) is 88.0 cm³/mol. The van der Waals surface area contributed by atoms with Crippen LogP contribution in [0.4, 0.5) is 4.79 Å². The van der Waals surface area contributed by atoms with E-state index in [0.29, 0.717) is 6.42 Å². The van der Waals surface area contributed by atoms with Crippen LogP contribution in [-0.2, 0) is 11.2 Å². The maximum absolute atomic E-state index is 12.9. The highest BCUT2D eigenvalue weighted by Gasteiger charge is 2.53. The van der Waals surface area contributed by atoms with Gasteiger partial charge in [0.15, 0.2) is 0 Å². The lowest BCUT2D eigenvalue weighted by atomic mass is 9.93. The highest BCUT2D eigenvalue weighted by atomic mass is 16.2. The van der Waals surface area contributed by atoms with E-state index in [4.69, 9.17) is 0 Å². The van der Waals surface area contributed by atoms with E-state index >= 15 is 0 Å². The first kappa shape index (κ1) is 14.3. The van der Waals surface area contributed by atoms with E-state index in [-0.39, 0.29) is 24.0 Å². The Morgan fingerprint density at radius 2 is 1.87 bits per heavy atom. The maximum Gasteiger partial charge on any atom is 0.328 e. The van der Waals surface area contributed by atoms with Gasteiger partial charge in [-0.1, -0.05) is 18.2 Å². The Morgan fingerprint density at radius 1 is 1.17 bits per heavy atom. The number of nitrogens with one attached hydrogen (secondary N) is 1. The van der Waals surface area contributed by atoms with Crippen molar-refractivity contribution in [2.24, 2.45) is 0 Å².